The average molecular weight is 371 g/mol. The third-order valence-electron chi connectivity index (χ3n) is 4.05. The molecule has 0 saturated carbocycles. The molecular weight excluding hydrogens is 346 g/mol. The van der Waals surface area contributed by atoms with Crippen molar-refractivity contribution in [2.24, 2.45) is 11.5 Å². The van der Waals surface area contributed by atoms with Crippen molar-refractivity contribution in [1.82, 2.24) is 16.1 Å². The van der Waals surface area contributed by atoms with Crippen molar-refractivity contribution in [2.75, 3.05) is 19.6 Å². The molecule has 8 heteroatoms. The van der Waals surface area contributed by atoms with Crippen LogP contribution in [0, 0.1) is 0 Å². The van der Waals surface area contributed by atoms with E-state index in [4.69, 9.17) is 16.7 Å². The van der Waals surface area contributed by atoms with Crippen molar-refractivity contribution >= 4 is 11.8 Å². The number of carbonyl (C=O) groups excluding carboxylic acids is 2. The van der Waals surface area contributed by atoms with Crippen molar-refractivity contribution in [3.8, 4) is 11.1 Å². The Hall–Kier alpha value is -2.78. The lowest BCUT2D eigenvalue weighted by molar-refractivity contribution is -0.130. The van der Waals surface area contributed by atoms with E-state index >= 15 is 0 Å². The number of amides is 2. The number of nitrogens with two attached hydrogens (primary N) is 2. The highest BCUT2D eigenvalue weighted by Crippen LogP contribution is 2.20. The van der Waals surface area contributed by atoms with Gasteiger partial charge in [-0.2, -0.15) is 0 Å². The molecule has 144 valence electrons. The second kappa shape index (κ2) is 10.4. The number of benzene rings is 2. The molecule has 0 bridgehead atoms. The highest BCUT2D eigenvalue weighted by Gasteiger charge is 2.19. The fourth-order valence-electron chi connectivity index (χ4n) is 2.51. The van der Waals surface area contributed by atoms with E-state index in [2.05, 4.69) is 10.6 Å². The summed E-state index contributed by atoms with van der Waals surface area (Å²) in [7, 11) is 0. The van der Waals surface area contributed by atoms with Gasteiger partial charge in [-0.3, -0.25) is 14.8 Å². The number of nitrogens with one attached hydrogen (secondary N) is 3. The maximum atomic E-state index is 12.2. The maximum absolute atomic E-state index is 12.2. The van der Waals surface area contributed by atoms with E-state index in [0.717, 1.165) is 29.8 Å². The molecule has 0 aliphatic heterocycles. The van der Waals surface area contributed by atoms with Gasteiger partial charge in [-0.05, 0) is 28.8 Å². The second-order valence-electron chi connectivity index (χ2n) is 5.98. The molecule has 0 aliphatic carbocycles. The minimum absolute atomic E-state index is 0.122. The Morgan fingerprint density at radius 1 is 0.963 bits per heavy atom. The van der Waals surface area contributed by atoms with Gasteiger partial charge >= 0.3 is 0 Å². The molecule has 27 heavy (non-hydrogen) atoms. The lowest BCUT2D eigenvalue weighted by atomic mass is 10.0. The number of hydroxylamine groups is 1. The van der Waals surface area contributed by atoms with E-state index < -0.39 is 17.9 Å². The van der Waals surface area contributed by atoms with E-state index in [1.165, 1.54) is 5.48 Å². The number of rotatable bonds is 9. The van der Waals surface area contributed by atoms with E-state index in [1.54, 1.807) is 12.1 Å². The van der Waals surface area contributed by atoms with E-state index in [9.17, 15) is 9.59 Å². The molecule has 2 rings (SSSR count). The van der Waals surface area contributed by atoms with E-state index in [-0.39, 0.29) is 6.54 Å². The monoisotopic (exact) mass is 371 g/mol. The van der Waals surface area contributed by atoms with Gasteiger partial charge in [0.25, 0.3) is 11.8 Å². The molecule has 0 spiro atoms. The van der Waals surface area contributed by atoms with Gasteiger partial charge in [-0.25, -0.2) is 5.48 Å². The zero-order valence-electron chi connectivity index (χ0n) is 14.9. The van der Waals surface area contributed by atoms with E-state index in [0.29, 0.717) is 12.1 Å². The van der Waals surface area contributed by atoms with Gasteiger partial charge in [0.15, 0.2) is 0 Å². The molecule has 8 nitrogen and oxygen atoms in total. The highest BCUT2D eigenvalue weighted by atomic mass is 16.5. The molecule has 0 heterocycles. The molecular formula is C19H25N5O3. The third-order valence-corrected chi connectivity index (χ3v) is 4.05. The molecule has 0 saturated heterocycles. The van der Waals surface area contributed by atoms with Gasteiger partial charge in [-0.15, -0.1) is 0 Å². The first-order valence-corrected chi connectivity index (χ1v) is 8.64. The molecule has 2 aromatic carbocycles. The predicted octanol–water partition coefficient (Wildman–Crippen LogP) is -0.0356. The summed E-state index contributed by atoms with van der Waals surface area (Å²) < 4.78 is 0. The van der Waals surface area contributed by atoms with Crippen molar-refractivity contribution in [3.63, 3.8) is 0 Å². The molecule has 0 aliphatic rings. The quantitative estimate of drug-likeness (QED) is 0.207. The Morgan fingerprint density at radius 3 is 2.07 bits per heavy atom. The van der Waals surface area contributed by atoms with Gasteiger partial charge in [0.1, 0.15) is 6.04 Å². The second-order valence-corrected chi connectivity index (χ2v) is 5.98. The van der Waals surface area contributed by atoms with Crippen LogP contribution in [0.4, 0.5) is 0 Å². The fraction of sp³-hybridized carbons (Fsp3) is 0.263. The summed E-state index contributed by atoms with van der Waals surface area (Å²) >= 11 is 0. The van der Waals surface area contributed by atoms with Crippen LogP contribution in [-0.2, 0) is 11.3 Å². The summed E-state index contributed by atoms with van der Waals surface area (Å²) in [5, 5.41) is 14.4. The molecule has 8 N–H and O–H groups in total. The van der Waals surface area contributed by atoms with Gasteiger partial charge in [0, 0.05) is 31.7 Å². The fourth-order valence-corrected chi connectivity index (χ4v) is 2.51. The summed E-state index contributed by atoms with van der Waals surface area (Å²) in [6, 6.07) is 14.1. The van der Waals surface area contributed by atoms with Crippen LogP contribution in [-0.4, -0.2) is 42.7 Å². The minimum Gasteiger partial charge on any atom is -0.339 e. The lowest BCUT2D eigenvalue weighted by Gasteiger charge is -2.14. The average Bonchev–Trinajstić information content (AvgIpc) is 2.72. The molecule has 0 aromatic heterocycles. The smallest absolute Gasteiger partial charge is 0.267 e. The largest absolute Gasteiger partial charge is 0.339 e. The van der Waals surface area contributed by atoms with Gasteiger partial charge < -0.3 is 22.1 Å². The van der Waals surface area contributed by atoms with Crippen LogP contribution >= 0.6 is 0 Å². The molecule has 0 unspecified atom stereocenters. The van der Waals surface area contributed by atoms with Gasteiger partial charge in [0.2, 0.25) is 0 Å². The SMILES string of the molecule is NCCNCc1ccc(-c2ccc(C(=O)N[C@@H](CN)C(=O)NO)cc2)cc1. The Kier molecular flexibility index (Phi) is 7.90. The molecule has 0 radical (unpaired) electrons. The molecule has 1 atom stereocenters. The van der Waals surface area contributed by atoms with Crippen molar-refractivity contribution in [3.05, 3.63) is 59.7 Å². The first-order valence-electron chi connectivity index (χ1n) is 8.64. The molecule has 2 amide bonds. The van der Waals surface area contributed by atoms with E-state index in [1.807, 2.05) is 36.4 Å². The first kappa shape index (κ1) is 20.5. The van der Waals surface area contributed by atoms with Crippen molar-refractivity contribution in [2.45, 2.75) is 12.6 Å². The Labute approximate surface area is 157 Å². The Balaban J connectivity index is 2.01. The first-order chi connectivity index (χ1) is 13.1. The predicted molar refractivity (Wildman–Crippen MR) is 103 cm³/mol. The summed E-state index contributed by atoms with van der Waals surface area (Å²) in [5.41, 5.74) is 15.9. The molecule has 0 fully saturated rings. The van der Waals surface area contributed by atoms with Crippen LogP contribution in [0.15, 0.2) is 48.5 Å². The van der Waals surface area contributed by atoms with Crippen molar-refractivity contribution in [1.29, 1.82) is 0 Å². The normalized spacial score (nSPS) is 11.7. The minimum atomic E-state index is -0.998. The van der Waals surface area contributed by atoms with Crippen LogP contribution in [0.2, 0.25) is 0 Å². The summed E-state index contributed by atoms with van der Waals surface area (Å²) in [6.45, 7) is 2.02. The maximum Gasteiger partial charge on any atom is 0.267 e. The zero-order chi connectivity index (χ0) is 19.6. The van der Waals surface area contributed by atoms with Crippen LogP contribution in [0.3, 0.4) is 0 Å². The number of hydrogen-bond donors (Lipinski definition) is 6. The summed E-state index contributed by atoms with van der Waals surface area (Å²) in [6.07, 6.45) is 0. The van der Waals surface area contributed by atoms with Crippen molar-refractivity contribution < 1.29 is 14.8 Å². The summed E-state index contributed by atoms with van der Waals surface area (Å²) in [5.74, 6) is -1.20. The molecule has 2 aromatic rings. The Morgan fingerprint density at radius 2 is 1.56 bits per heavy atom. The standard InChI is InChI=1S/C19H25N5O3/c20-9-10-22-12-13-1-3-14(4-2-13)15-5-7-16(8-6-15)18(25)23-17(11-21)19(26)24-27/h1-8,17,22,27H,9-12,20-21H2,(H,23,25)(H,24,26)/t17-/m0/s1. The van der Waals surface area contributed by atoms with Crippen LogP contribution < -0.4 is 27.6 Å². The van der Waals surface area contributed by atoms with Crippen LogP contribution in [0.25, 0.3) is 11.1 Å². The van der Waals surface area contributed by atoms with Gasteiger partial charge in [0.05, 0.1) is 0 Å². The number of hydrogen-bond acceptors (Lipinski definition) is 6. The summed E-state index contributed by atoms with van der Waals surface area (Å²) in [4.78, 5) is 23.6. The van der Waals surface area contributed by atoms with Crippen LogP contribution in [0.1, 0.15) is 15.9 Å². The van der Waals surface area contributed by atoms with Gasteiger partial charge in [-0.1, -0.05) is 36.4 Å². The van der Waals surface area contributed by atoms with Crippen LogP contribution in [0.5, 0.6) is 0 Å². The lowest BCUT2D eigenvalue weighted by Crippen LogP contribution is -2.50. The zero-order valence-corrected chi connectivity index (χ0v) is 14.9. The third kappa shape index (κ3) is 5.87. The Bertz CT molecular complexity index is 747. The number of carbonyl (C=O) groups is 2. The topological polar surface area (TPSA) is 142 Å². The highest BCUT2D eigenvalue weighted by molar-refractivity contribution is 5.97.